The molecule has 0 aromatic heterocycles. The summed E-state index contributed by atoms with van der Waals surface area (Å²) < 4.78 is 27.4. The highest BCUT2D eigenvalue weighted by atomic mass is 16.7. The Morgan fingerprint density at radius 3 is 2.59 bits per heavy atom. The topological polar surface area (TPSA) is 86.7 Å². The normalized spacial score (nSPS) is 19.4. The maximum atomic E-state index is 12.5. The van der Waals surface area contributed by atoms with Crippen LogP contribution in [0.15, 0.2) is 24.3 Å². The van der Waals surface area contributed by atoms with Gasteiger partial charge in [-0.05, 0) is 49.8 Å². The van der Waals surface area contributed by atoms with E-state index in [0.717, 1.165) is 12.1 Å². The third kappa shape index (κ3) is 2.95. The minimum Gasteiger partial charge on any atom is -0.454 e. The third-order valence-corrected chi connectivity index (χ3v) is 5.38. The van der Waals surface area contributed by atoms with Gasteiger partial charge in [-0.1, -0.05) is 6.07 Å². The minimum absolute atomic E-state index is 0.0587. The average molecular weight is 399 g/mol. The van der Waals surface area contributed by atoms with Crippen molar-refractivity contribution in [3.63, 3.8) is 0 Å². The molecule has 2 unspecified atom stereocenters. The molecule has 0 saturated heterocycles. The molecule has 29 heavy (non-hydrogen) atoms. The zero-order chi connectivity index (χ0) is 20.1. The van der Waals surface area contributed by atoms with E-state index in [1.807, 2.05) is 20.2 Å². The van der Waals surface area contributed by atoms with Gasteiger partial charge in [0.25, 0.3) is 0 Å². The van der Waals surface area contributed by atoms with Crippen LogP contribution in [0.3, 0.4) is 0 Å². The van der Waals surface area contributed by atoms with Crippen LogP contribution in [0.4, 0.5) is 0 Å². The van der Waals surface area contributed by atoms with Gasteiger partial charge in [-0.2, -0.15) is 0 Å². The van der Waals surface area contributed by atoms with Gasteiger partial charge in [-0.3, -0.25) is 0 Å². The number of carbonyl (C=O) groups is 1. The molecule has 8 heteroatoms. The maximum absolute atomic E-state index is 12.5. The smallest absolute Gasteiger partial charge is 0.343 e. The van der Waals surface area contributed by atoms with Crippen molar-refractivity contribution in [3.05, 3.63) is 46.5 Å². The summed E-state index contributed by atoms with van der Waals surface area (Å²) in [6.07, 6.45) is -1.21. The summed E-state index contributed by atoms with van der Waals surface area (Å²) in [6.45, 7) is 0.995. The van der Waals surface area contributed by atoms with Gasteiger partial charge in [0, 0.05) is 12.1 Å². The summed E-state index contributed by atoms with van der Waals surface area (Å²) in [7, 11) is 3.97. The van der Waals surface area contributed by atoms with Gasteiger partial charge in [0.15, 0.2) is 29.1 Å². The number of ether oxygens (including phenoxy) is 5. The van der Waals surface area contributed by atoms with Crippen molar-refractivity contribution in [3.8, 4) is 23.0 Å². The van der Waals surface area contributed by atoms with Crippen LogP contribution in [-0.4, -0.2) is 50.2 Å². The second-order valence-corrected chi connectivity index (χ2v) is 7.49. The Balaban J connectivity index is 1.53. The standard InChI is InChI=1S/C21H21NO7/c1-22(2)6-5-11-7-15-16(27-9-26-15)8-13(11)18(23)19-12-3-4-14-20(28-10-25-14)17(12)21(24)29-19/h3-4,7-8,18-19,23H,5-6,9-10H2,1-2H3. The molecule has 2 atom stereocenters. The first-order valence-corrected chi connectivity index (χ1v) is 9.41. The number of aliphatic hydroxyl groups is 1. The summed E-state index contributed by atoms with van der Waals surface area (Å²) in [5.74, 6) is 1.58. The third-order valence-electron chi connectivity index (χ3n) is 5.38. The van der Waals surface area contributed by atoms with Gasteiger partial charge >= 0.3 is 5.97 Å². The summed E-state index contributed by atoms with van der Waals surface area (Å²) >= 11 is 0. The predicted molar refractivity (Wildman–Crippen MR) is 101 cm³/mol. The quantitative estimate of drug-likeness (QED) is 0.766. The molecule has 2 aromatic rings. The maximum Gasteiger partial charge on any atom is 0.343 e. The molecule has 0 amide bonds. The molecular formula is C21H21NO7. The molecule has 2 aromatic carbocycles. The Hall–Kier alpha value is -2.97. The molecule has 0 spiro atoms. The van der Waals surface area contributed by atoms with Crippen molar-refractivity contribution in [2.45, 2.75) is 18.6 Å². The van der Waals surface area contributed by atoms with Crippen LogP contribution in [0.1, 0.15) is 39.3 Å². The summed E-state index contributed by atoms with van der Waals surface area (Å²) in [4.78, 5) is 14.6. The number of carbonyl (C=O) groups excluding carboxylic acids is 1. The van der Waals surface area contributed by atoms with Crippen molar-refractivity contribution in [1.82, 2.24) is 4.90 Å². The molecule has 0 bridgehead atoms. The number of hydrogen-bond donors (Lipinski definition) is 1. The van der Waals surface area contributed by atoms with Gasteiger partial charge in [-0.15, -0.1) is 0 Å². The monoisotopic (exact) mass is 399 g/mol. The lowest BCUT2D eigenvalue weighted by Crippen LogP contribution is -2.18. The molecule has 8 nitrogen and oxygen atoms in total. The Morgan fingerprint density at radius 2 is 1.79 bits per heavy atom. The van der Waals surface area contributed by atoms with E-state index in [-0.39, 0.29) is 13.6 Å². The Labute approximate surface area is 167 Å². The average Bonchev–Trinajstić information content (AvgIpc) is 3.42. The minimum atomic E-state index is -1.06. The molecule has 1 N–H and O–H groups in total. The lowest BCUT2D eigenvalue weighted by Gasteiger charge is -2.22. The van der Waals surface area contributed by atoms with E-state index in [1.165, 1.54) is 0 Å². The van der Waals surface area contributed by atoms with E-state index >= 15 is 0 Å². The van der Waals surface area contributed by atoms with Crippen molar-refractivity contribution < 1.29 is 33.6 Å². The summed E-state index contributed by atoms with van der Waals surface area (Å²) in [5, 5.41) is 11.3. The van der Waals surface area contributed by atoms with Crippen molar-refractivity contribution >= 4 is 5.97 Å². The fraction of sp³-hybridized carbons (Fsp3) is 0.381. The van der Waals surface area contributed by atoms with Gasteiger partial charge in [0.2, 0.25) is 13.6 Å². The van der Waals surface area contributed by atoms with Gasteiger partial charge in [0.1, 0.15) is 11.7 Å². The predicted octanol–water partition coefficient (Wildman–Crippen LogP) is 2.19. The van der Waals surface area contributed by atoms with E-state index in [1.54, 1.807) is 18.2 Å². The fourth-order valence-electron chi connectivity index (χ4n) is 3.91. The molecule has 3 aliphatic rings. The molecule has 0 radical (unpaired) electrons. The Morgan fingerprint density at radius 1 is 1.07 bits per heavy atom. The van der Waals surface area contributed by atoms with E-state index < -0.39 is 18.2 Å². The number of hydrogen-bond acceptors (Lipinski definition) is 8. The van der Waals surface area contributed by atoms with Gasteiger partial charge < -0.3 is 33.7 Å². The lowest BCUT2D eigenvalue weighted by atomic mass is 9.91. The number of fused-ring (bicyclic) bond motifs is 4. The zero-order valence-electron chi connectivity index (χ0n) is 16.1. The van der Waals surface area contributed by atoms with Crippen LogP contribution >= 0.6 is 0 Å². The SMILES string of the molecule is CN(C)CCc1cc2c(cc1C(O)C1OC(=O)c3c1ccc1c3OCO1)OCO2. The first kappa shape index (κ1) is 18.1. The first-order valence-electron chi connectivity index (χ1n) is 9.41. The lowest BCUT2D eigenvalue weighted by molar-refractivity contribution is -0.0106. The highest BCUT2D eigenvalue weighted by Gasteiger charge is 2.42. The van der Waals surface area contributed by atoms with E-state index in [4.69, 9.17) is 23.7 Å². The fourth-order valence-corrected chi connectivity index (χ4v) is 3.91. The van der Waals surface area contributed by atoms with Crippen LogP contribution in [0, 0.1) is 0 Å². The van der Waals surface area contributed by atoms with Crippen molar-refractivity contribution in [2.24, 2.45) is 0 Å². The molecule has 3 heterocycles. The number of nitrogens with zero attached hydrogens (tertiary/aromatic N) is 1. The molecule has 5 rings (SSSR count). The summed E-state index contributed by atoms with van der Waals surface area (Å²) in [6, 6.07) is 7.14. The zero-order valence-corrected chi connectivity index (χ0v) is 16.1. The largest absolute Gasteiger partial charge is 0.454 e. The van der Waals surface area contributed by atoms with E-state index in [9.17, 15) is 9.90 Å². The van der Waals surface area contributed by atoms with Crippen LogP contribution < -0.4 is 18.9 Å². The molecule has 0 saturated carbocycles. The summed E-state index contributed by atoms with van der Waals surface area (Å²) in [5.41, 5.74) is 2.47. The Bertz CT molecular complexity index is 987. The van der Waals surface area contributed by atoms with Crippen molar-refractivity contribution in [2.75, 3.05) is 34.2 Å². The first-order chi connectivity index (χ1) is 14.0. The molecule has 0 fully saturated rings. The number of aliphatic hydroxyl groups excluding tert-OH is 1. The second-order valence-electron chi connectivity index (χ2n) is 7.49. The highest BCUT2D eigenvalue weighted by molar-refractivity contribution is 5.98. The van der Waals surface area contributed by atoms with Gasteiger partial charge in [0.05, 0.1) is 0 Å². The molecule has 0 aliphatic carbocycles. The highest BCUT2D eigenvalue weighted by Crippen LogP contribution is 2.49. The van der Waals surface area contributed by atoms with E-state index in [2.05, 4.69) is 4.90 Å². The van der Waals surface area contributed by atoms with Crippen LogP contribution in [0.2, 0.25) is 0 Å². The number of likely N-dealkylation sites (N-methyl/N-ethyl adjacent to an activating group) is 1. The van der Waals surface area contributed by atoms with E-state index in [0.29, 0.717) is 46.1 Å². The van der Waals surface area contributed by atoms with Crippen LogP contribution in [0.5, 0.6) is 23.0 Å². The van der Waals surface area contributed by atoms with Crippen LogP contribution in [0.25, 0.3) is 0 Å². The second kappa shape index (κ2) is 6.82. The molecular weight excluding hydrogens is 378 g/mol. The molecule has 3 aliphatic heterocycles. The number of benzene rings is 2. The van der Waals surface area contributed by atoms with Crippen LogP contribution in [-0.2, 0) is 11.2 Å². The van der Waals surface area contributed by atoms with Gasteiger partial charge in [-0.25, -0.2) is 4.79 Å². The number of cyclic esters (lactones) is 1. The van der Waals surface area contributed by atoms with Crippen molar-refractivity contribution in [1.29, 1.82) is 0 Å². The molecule has 152 valence electrons. The number of rotatable bonds is 5. The Kier molecular flexibility index (Phi) is 4.25. The number of esters is 1.